The summed E-state index contributed by atoms with van der Waals surface area (Å²) in [6, 6.07) is 15.4. The molecule has 0 aliphatic rings. The Morgan fingerprint density at radius 2 is 1.96 bits per heavy atom. The molecular weight excluding hydrogens is 370 g/mol. The van der Waals surface area contributed by atoms with Gasteiger partial charge in [0, 0.05) is 12.3 Å². The van der Waals surface area contributed by atoms with Gasteiger partial charge in [-0.15, -0.1) is 10.2 Å². The molecule has 0 saturated heterocycles. The normalized spacial score (nSPS) is 10.7. The zero-order valence-corrected chi connectivity index (χ0v) is 16.3. The van der Waals surface area contributed by atoms with E-state index in [0.717, 1.165) is 29.0 Å². The second-order valence-corrected chi connectivity index (χ2v) is 6.85. The van der Waals surface area contributed by atoms with E-state index in [1.54, 1.807) is 24.9 Å². The minimum Gasteiger partial charge on any atom is -0.497 e. The minimum atomic E-state index is 0.324. The molecule has 0 atom stereocenters. The number of nitrogens with zero attached hydrogens (tertiary/aromatic N) is 3. The fourth-order valence-corrected chi connectivity index (χ4v) is 3.62. The lowest BCUT2D eigenvalue weighted by Crippen LogP contribution is -2.07. The van der Waals surface area contributed by atoms with Crippen molar-refractivity contribution < 1.29 is 9.47 Å². The fraction of sp³-hybridized carbons (Fsp3) is 0.263. The third-order valence-electron chi connectivity index (χ3n) is 3.81. The zero-order valence-electron chi connectivity index (χ0n) is 14.7. The van der Waals surface area contributed by atoms with Gasteiger partial charge in [-0.1, -0.05) is 47.6 Å². The molecule has 5 nitrogen and oxygen atoms in total. The van der Waals surface area contributed by atoms with Crippen LogP contribution < -0.4 is 9.47 Å². The van der Waals surface area contributed by atoms with Crippen molar-refractivity contribution in [3.8, 4) is 11.5 Å². The van der Waals surface area contributed by atoms with Gasteiger partial charge in [-0.05, 0) is 36.8 Å². The lowest BCUT2D eigenvalue weighted by atomic mass is 10.2. The van der Waals surface area contributed by atoms with Crippen molar-refractivity contribution in [1.82, 2.24) is 14.8 Å². The molecule has 3 aromatic rings. The Bertz CT molecular complexity index is 869. The summed E-state index contributed by atoms with van der Waals surface area (Å²) in [6.45, 7) is 3.16. The number of hydrogen-bond donors (Lipinski definition) is 0. The van der Waals surface area contributed by atoms with Crippen LogP contribution in [0.25, 0.3) is 0 Å². The predicted molar refractivity (Wildman–Crippen MR) is 104 cm³/mol. The van der Waals surface area contributed by atoms with Crippen LogP contribution in [0.5, 0.6) is 11.5 Å². The molecule has 0 radical (unpaired) electrons. The molecule has 7 heteroatoms. The molecule has 0 spiro atoms. The van der Waals surface area contributed by atoms with Gasteiger partial charge in [0.15, 0.2) is 11.0 Å². The van der Waals surface area contributed by atoms with Crippen LogP contribution in [0.15, 0.2) is 53.7 Å². The Labute approximate surface area is 162 Å². The van der Waals surface area contributed by atoms with E-state index < -0.39 is 0 Å². The smallest absolute Gasteiger partial charge is 0.191 e. The summed E-state index contributed by atoms with van der Waals surface area (Å²) in [5, 5.41) is 10.0. The Kier molecular flexibility index (Phi) is 6.41. The molecule has 0 amide bonds. The first-order valence-electron chi connectivity index (χ1n) is 8.26. The first-order valence-corrected chi connectivity index (χ1v) is 9.62. The van der Waals surface area contributed by atoms with E-state index in [0.29, 0.717) is 17.4 Å². The van der Waals surface area contributed by atoms with Gasteiger partial charge in [-0.25, -0.2) is 0 Å². The number of rotatable bonds is 8. The quantitative estimate of drug-likeness (QED) is 0.516. The third-order valence-corrected chi connectivity index (χ3v) is 5.16. The number of thioether (sulfide) groups is 1. The summed E-state index contributed by atoms with van der Waals surface area (Å²) >= 11 is 7.77. The van der Waals surface area contributed by atoms with Gasteiger partial charge in [0.25, 0.3) is 0 Å². The van der Waals surface area contributed by atoms with Gasteiger partial charge in [0.2, 0.25) is 0 Å². The van der Waals surface area contributed by atoms with Crippen LogP contribution >= 0.6 is 23.4 Å². The third kappa shape index (κ3) is 4.51. The summed E-state index contributed by atoms with van der Waals surface area (Å²) in [7, 11) is 1.67. The predicted octanol–water partition coefficient (Wildman–Crippen LogP) is 4.83. The number of benzene rings is 2. The van der Waals surface area contributed by atoms with E-state index in [1.165, 1.54) is 5.56 Å². The second kappa shape index (κ2) is 8.96. The first-order chi connectivity index (χ1) is 12.7. The van der Waals surface area contributed by atoms with Crippen LogP contribution in [0.3, 0.4) is 0 Å². The van der Waals surface area contributed by atoms with Crippen LogP contribution in [-0.4, -0.2) is 21.9 Å². The molecule has 136 valence electrons. The van der Waals surface area contributed by atoms with Crippen molar-refractivity contribution in [2.75, 3.05) is 7.11 Å². The van der Waals surface area contributed by atoms with Crippen LogP contribution in [0, 0.1) is 0 Å². The van der Waals surface area contributed by atoms with E-state index in [2.05, 4.69) is 27.8 Å². The fourth-order valence-electron chi connectivity index (χ4n) is 2.46. The standard InChI is InChI=1S/C19H20ClN3O2S/c1-3-23-18(12-25-17-10-5-4-9-16(17)20)21-22-19(23)26-13-14-7-6-8-15(11-14)24-2/h4-11H,3,12-13H2,1-2H3. The van der Waals surface area contributed by atoms with Crippen LogP contribution in [0.1, 0.15) is 18.3 Å². The number of halogens is 1. The maximum Gasteiger partial charge on any atom is 0.191 e. The topological polar surface area (TPSA) is 49.2 Å². The number of para-hydroxylation sites is 1. The highest BCUT2D eigenvalue weighted by molar-refractivity contribution is 7.98. The van der Waals surface area contributed by atoms with Crippen LogP contribution in [0.2, 0.25) is 5.02 Å². The van der Waals surface area contributed by atoms with Crippen molar-refractivity contribution in [3.63, 3.8) is 0 Å². The van der Waals surface area contributed by atoms with Crippen LogP contribution in [-0.2, 0) is 18.9 Å². The summed E-state index contributed by atoms with van der Waals surface area (Å²) < 4.78 is 13.1. The molecule has 26 heavy (non-hydrogen) atoms. The average molecular weight is 390 g/mol. The van der Waals surface area contributed by atoms with E-state index >= 15 is 0 Å². The van der Waals surface area contributed by atoms with Crippen molar-refractivity contribution in [1.29, 1.82) is 0 Å². The van der Waals surface area contributed by atoms with Gasteiger partial charge in [0.05, 0.1) is 12.1 Å². The minimum absolute atomic E-state index is 0.324. The average Bonchev–Trinajstić information content (AvgIpc) is 3.07. The lowest BCUT2D eigenvalue weighted by molar-refractivity contribution is 0.288. The number of aromatic nitrogens is 3. The highest BCUT2D eigenvalue weighted by Crippen LogP contribution is 2.26. The van der Waals surface area contributed by atoms with Crippen molar-refractivity contribution in [2.45, 2.75) is 31.0 Å². The zero-order chi connectivity index (χ0) is 18.4. The van der Waals surface area contributed by atoms with Gasteiger partial charge in [-0.3, -0.25) is 0 Å². The monoisotopic (exact) mass is 389 g/mol. The maximum atomic E-state index is 6.13. The molecule has 0 aliphatic heterocycles. The molecule has 0 aliphatic carbocycles. The lowest BCUT2D eigenvalue weighted by Gasteiger charge is -2.10. The SMILES string of the molecule is CCn1c(COc2ccccc2Cl)nnc1SCc1cccc(OC)c1. The van der Waals surface area contributed by atoms with Crippen molar-refractivity contribution in [2.24, 2.45) is 0 Å². The Morgan fingerprint density at radius 3 is 2.73 bits per heavy atom. The maximum absolute atomic E-state index is 6.13. The van der Waals surface area contributed by atoms with E-state index in [1.807, 2.05) is 36.4 Å². The van der Waals surface area contributed by atoms with E-state index in [4.69, 9.17) is 21.1 Å². The molecule has 1 aromatic heterocycles. The molecule has 1 heterocycles. The Balaban J connectivity index is 1.66. The highest BCUT2D eigenvalue weighted by atomic mass is 35.5. The number of ether oxygens (including phenoxy) is 2. The van der Waals surface area contributed by atoms with Gasteiger partial charge >= 0.3 is 0 Å². The summed E-state index contributed by atoms with van der Waals surface area (Å²) in [4.78, 5) is 0. The summed E-state index contributed by atoms with van der Waals surface area (Å²) in [6.07, 6.45) is 0. The van der Waals surface area contributed by atoms with Crippen LogP contribution in [0.4, 0.5) is 0 Å². The molecule has 3 rings (SSSR count). The number of hydrogen-bond acceptors (Lipinski definition) is 5. The van der Waals surface area contributed by atoms with Gasteiger partial charge in [-0.2, -0.15) is 0 Å². The summed E-state index contributed by atoms with van der Waals surface area (Å²) in [5.74, 6) is 3.07. The molecule has 0 N–H and O–H groups in total. The highest BCUT2D eigenvalue weighted by Gasteiger charge is 2.13. The molecular formula is C19H20ClN3O2S. The van der Waals surface area contributed by atoms with E-state index in [-0.39, 0.29) is 0 Å². The van der Waals surface area contributed by atoms with Crippen molar-refractivity contribution in [3.05, 3.63) is 64.9 Å². The van der Waals surface area contributed by atoms with Crippen molar-refractivity contribution >= 4 is 23.4 Å². The number of methoxy groups -OCH3 is 1. The molecule has 2 aromatic carbocycles. The second-order valence-electron chi connectivity index (χ2n) is 5.50. The van der Waals surface area contributed by atoms with Gasteiger partial charge < -0.3 is 14.0 Å². The Hall–Kier alpha value is -2.18. The Morgan fingerprint density at radius 1 is 1.12 bits per heavy atom. The summed E-state index contributed by atoms with van der Waals surface area (Å²) in [5.41, 5.74) is 1.17. The van der Waals surface area contributed by atoms with Gasteiger partial charge in [0.1, 0.15) is 18.1 Å². The largest absolute Gasteiger partial charge is 0.497 e. The van der Waals surface area contributed by atoms with E-state index in [9.17, 15) is 0 Å². The molecule has 0 unspecified atom stereocenters. The first kappa shape index (κ1) is 18.6. The molecule has 0 bridgehead atoms. The molecule has 0 fully saturated rings. The molecule has 0 saturated carbocycles.